The van der Waals surface area contributed by atoms with Crippen molar-refractivity contribution >= 4 is 5.91 Å². The Morgan fingerprint density at radius 3 is 2.54 bits per heavy atom. The highest BCUT2D eigenvalue weighted by atomic mass is 16.1. The fourth-order valence-corrected chi connectivity index (χ4v) is 3.02. The van der Waals surface area contributed by atoms with Crippen molar-refractivity contribution in [2.75, 3.05) is 13.1 Å². The van der Waals surface area contributed by atoms with E-state index in [0.717, 1.165) is 12.1 Å². The summed E-state index contributed by atoms with van der Waals surface area (Å²) >= 11 is 0. The second-order valence-corrected chi connectivity index (χ2v) is 6.15. The molecule has 1 aliphatic heterocycles. The van der Waals surface area contributed by atoms with E-state index in [1.54, 1.807) is 0 Å². The summed E-state index contributed by atoms with van der Waals surface area (Å²) in [4.78, 5) is 17.2. The monoisotopic (exact) mass is 345 g/mol. The first kappa shape index (κ1) is 17.6. The minimum Gasteiger partial charge on any atom is -0.341 e. The maximum atomic E-state index is 12.1. The molecule has 1 unspecified atom stereocenters. The van der Waals surface area contributed by atoms with Crippen LogP contribution in [0.5, 0.6) is 0 Å². The minimum atomic E-state index is -0.362. The third kappa shape index (κ3) is 4.87. The quantitative estimate of drug-likeness (QED) is 0.400. The molecule has 1 N–H and O–H groups in total. The van der Waals surface area contributed by atoms with Crippen molar-refractivity contribution in [3.05, 3.63) is 82.2 Å². The third-order valence-electron chi connectivity index (χ3n) is 4.22. The summed E-state index contributed by atoms with van der Waals surface area (Å²) in [5.41, 5.74) is 10.8. The van der Waals surface area contributed by atoms with Gasteiger partial charge >= 0.3 is 0 Å². The number of likely N-dealkylation sites (tertiary alicyclic amines) is 1. The summed E-state index contributed by atoms with van der Waals surface area (Å²) in [6.07, 6.45) is 0. The summed E-state index contributed by atoms with van der Waals surface area (Å²) in [6.45, 7) is 1.98. The van der Waals surface area contributed by atoms with Gasteiger partial charge in [0.25, 0.3) is 5.91 Å². The largest absolute Gasteiger partial charge is 0.341 e. The van der Waals surface area contributed by atoms with E-state index in [-0.39, 0.29) is 18.0 Å². The van der Waals surface area contributed by atoms with Crippen LogP contribution in [0.25, 0.3) is 10.4 Å². The summed E-state index contributed by atoms with van der Waals surface area (Å²) in [5, 5.41) is 6.72. The highest BCUT2D eigenvalue weighted by Crippen LogP contribution is 2.17. The third-order valence-corrected chi connectivity index (χ3v) is 4.22. The van der Waals surface area contributed by atoms with Crippen molar-refractivity contribution in [2.24, 2.45) is 5.11 Å². The highest BCUT2D eigenvalue weighted by molar-refractivity contribution is 5.94. The Morgan fingerprint density at radius 1 is 1.15 bits per heavy atom. The van der Waals surface area contributed by atoms with Gasteiger partial charge in [0, 0.05) is 36.0 Å². The average Bonchev–Trinajstić information content (AvgIpc) is 3.03. The van der Waals surface area contributed by atoms with Crippen LogP contribution in [0, 0.1) is 11.8 Å². The van der Waals surface area contributed by atoms with Gasteiger partial charge in [0.05, 0.1) is 12.1 Å². The average molecular weight is 345 g/mol. The van der Waals surface area contributed by atoms with Gasteiger partial charge < -0.3 is 5.32 Å². The Hall–Kier alpha value is -3.26. The van der Waals surface area contributed by atoms with E-state index < -0.39 is 0 Å². The Balaban J connectivity index is 1.63. The molecular weight excluding hydrogens is 326 g/mol. The smallest absolute Gasteiger partial charge is 0.296 e. The summed E-state index contributed by atoms with van der Waals surface area (Å²) in [7, 11) is 0. The number of carbonyl (C=O) groups excluding carboxylic acids is 1. The molecule has 3 rings (SSSR count). The molecule has 26 heavy (non-hydrogen) atoms. The van der Waals surface area contributed by atoms with E-state index in [2.05, 4.69) is 44.2 Å². The number of amides is 1. The molecule has 0 radical (unpaired) electrons. The van der Waals surface area contributed by atoms with Gasteiger partial charge in [0.2, 0.25) is 0 Å². The van der Waals surface area contributed by atoms with Gasteiger partial charge in [-0.2, -0.15) is 0 Å². The van der Waals surface area contributed by atoms with Crippen LogP contribution in [0.15, 0.2) is 65.8 Å². The number of hydrogen-bond acceptors (Lipinski definition) is 3. The van der Waals surface area contributed by atoms with Gasteiger partial charge in [0.15, 0.2) is 0 Å². The molecule has 2 atom stereocenters. The van der Waals surface area contributed by atoms with Crippen LogP contribution in [0.1, 0.15) is 11.1 Å². The van der Waals surface area contributed by atoms with Gasteiger partial charge in [-0.05, 0) is 23.2 Å². The van der Waals surface area contributed by atoms with Crippen LogP contribution in [0.3, 0.4) is 0 Å². The fraction of sp³-hybridized carbons (Fsp3) is 0.250. The van der Waals surface area contributed by atoms with Crippen molar-refractivity contribution in [1.82, 2.24) is 10.2 Å². The maximum Gasteiger partial charge on any atom is 0.296 e. The number of azide groups is 1. The predicted octanol–water partition coefficient (Wildman–Crippen LogP) is 2.72. The normalized spacial score (nSPS) is 19.1. The molecule has 1 aliphatic rings. The van der Waals surface area contributed by atoms with Crippen LogP contribution in [0.2, 0.25) is 0 Å². The Morgan fingerprint density at radius 2 is 1.85 bits per heavy atom. The Bertz CT molecular complexity index is 850. The first-order valence-electron chi connectivity index (χ1n) is 8.42. The molecule has 1 fully saturated rings. The lowest BCUT2D eigenvalue weighted by atomic mass is 10.2. The lowest BCUT2D eigenvalue weighted by molar-refractivity contribution is -0.116. The Labute approximate surface area is 152 Å². The molecule has 2 aromatic carbocycles. The molecule has 1 amide bonds. The number of rotatable bonds is 4. The molecule has 1 saturated heterocycles. The molecule has 6 heteroatoms. The second kappa shape index (κ2) is 8.72. The highest BCUT2D eigenvalue weighted by Gasteiger charge is 2.32. The predicted molar refractivity (Wildman–Crippen MR) is 99.9 cm³/mol. The van der Waals surface area contributed by atoms with Crippen LogP contribution < -0.4 is 5.32 Å². The van der Waals surface area contributed by atoms with E-state index in [0.29, 0.717) is 13.1 Å². The zero-order valence-corrected chi connectivity index (χ0v) is 14.2. The number of carbonyl (C=O) groups is 1. The topological polar surface area (TPSA) is 81.1 Å². The van der Waals surface area contributed by atoms with Crippen LogP contribution >= 0.6 is 0 Å². The van der Waals surface area contributed by atoms with Gasteiger partial charge in [0.1, 0.15) is 0 Å². The second-order valence-electron chi connectivity index (χ2n) is 6.15. The summed E-state index contributed by atoms with van der Waals surface area (Å²) in [6, 6.07) is 18.9. The molecule has 1 heterocycles. The molecule has 6 nitrogen and oxygen atoms in total. The van der Waals surface area contributed by atoms with E-state index >= 15 is 0 Å². The van der Waals surface area contributed by atoms with Crippen LogP contribution in [-0.2, 0) is 11.3 Å². The Kier molecular flexibility index (Phi) is 5.89. The van der Waals surface area contributed by atoms with E-state index in [1.807, 2.05) is 48.5 Å². The van der Waals surface area contributed by atoms with Gasteiger partial charge in [-0.1, -0.05) is 59.6 Å². The van der Waals surface area contributed by atoms with Crippen LogP contribution in [-0.4, -0.2) is 36.0 Å². The molecule has 0 aromatic heterocycles. The number of hydrogen-bond donors (Lipinski definition) is 1. The van der Waals surface area contributed by atoms with Crippen molar-refractivity contribution < 1.29 is 4.79 Å². The van der Waals surface area contributed by atoms with Crippen LogP contribution in [0.4, 0.5) is 0 Å². The van der Waals surface area contributed by atoms with Crippen molar-refractivity contribution in [3.63, 3.8) is 0 Å². The van der Waals surface area contributed by atoms with Crippen molar-refractivity contribution in [1.29, 1.82) is 0 Å². The van der Waals surface area contributed by atoms with E-state index in [1.165, 1.54) is 5.56 Å². The summed E-state index contributed by atoms with van der Waals surface area (Å²) in [5.74, 6) is 5.07. The van der Waals surface area contributed by atoms with Crippen molar-refractivity contribution in [3.8, 4) is 11.8 Å². The fourth-order valence-electron chi connectivity index (χ4n) is 3.02. The van der Waals surface area contributed by atoms with E-state index in [9.17, 15) is 4.79 Å². The zero-order valence-electron chi connectivity index (χ0n) is 14.2. The SMILES string of the molecule is [N-]=[N+]=NC1CN(Cc2ccccc2)C[C@@H]1NC(=O)C#Cc1ccccc1. The first-order chi connectivity index (χ1) is 12.7. The lowest BCUT2D eigenvalue weighted by Gasteiger charge is -2.16. The number of nitrogens with zero attached hydrogens (tertiary/aromatic N) is 4. The standard InChI is InChI=1S/C20H19N5O/c21-24-23-19-15-25(13-17-9-5-2-6-10-17)14-18(19)22-20(26)12-11-16-7-3-1-4-8-16/h1-10,18-19H,13-15H2,(H,22,26)/t18-,19?/m0/s1. The van der Waals surface area contributed by atoms with E-state index in [4.69, 9.17) is 5.53 Å². The molecule has 2 aromatic rings. The van der Waals surface area contributed by atoms with Gasteiger partial charge in [-0.25, -0.2) is 0 Å². The number of nitrogens with one attached hydrogen (secondary N) is 1. The first-order valence-corrected chi connectivity index (χ1v) is 8.42. The zero-order chi connectivity index (χ0) is 18.2. The molecule has 130 valence electrons. The van der Waals surface area contributed by atoms with Gasteiger partial charge in [-0.15, -0.1) is 0 Å². The lowest BCUT2D eigenvalue weighted by Crippen LogP contribution is -2.41. The summed E-state index contributed by atoms with van der Waals surface area (Å²) < 4.78 is 0. The van der Waals surface area contributed by atoms with Gasteiger partial charge in [-0.3, -0.25) is 9.69 Å². The molecular formula is C20H19N5O. The molecule has 0 bridgehead atoms. The number of benzene rings is 2. The molecule has 0 aliphatic carbocycles. The van der Waals surface area contributed by atoms with Crippen molar-refractivity contribution in [2.45, 2.75) is 18.6 Å². The molecule has 0 saturated carbocycles. The maximum absolute atomic E-state index is 12.1. The minimum absolute atomic E-state index is 0.243. The molecule has 0 spiro atoms.